The van der Waals surface area contributed by atoms with E-state index in [1.54, 1.807) is 30.3 Å². The number of rotatable bonds is 3. The van der Waals surface area contributed by atoms with Gasteiger partial charge in [-0.1, -0.05) is 18.2 Å². The Kier molecular flexibility index (Phi) is 3.58. The van der Waals surface area contributed by atoms with Gasteiger partial charge in [0.1, 0.15) is 0 Å². The maximum absolute atomic E-state index is 11.9. The summed E-state index contributed by atoms with van der Waals surface area (Å²) in [5, 5.41) is 0. The normalized spacial score (nSPS) is 18.5. The van der Waals surface area contributed by atoms with Gasteiger partial charge in [-0.05, 0) is 25.0 Å². The van der Waals surface area contributed by atoms with Gasteiger partial charge in [-0.15, -0.1) is 0 Å². The maximum Gasteiger partial charge on any atom is 0.240 e. The number of ether oxygens (including phenoxy) is 1. The van der Waals surface area contributed by atoms with E-state index >= 15 is 0 Å². The van der Waals surface area contributed by atoms with E-state index in [0.29, 0.717) is 18.1 Å². The van der Waals surface area contributed by atoms with Gasteiger partial charge in [0.05, 0.1) is 4.90 Å². The van der Waals surface area contributed by atoms with Crippen LogP contribution in [0.25, 0.3) is 0 Å². The standard InChI is InChI=1S/C11H15NO3S/c13-16(14,11-4-2-1-3-5-11)12-10-6-8-15-9-7-10/h1-5,10,12H,6-9H2. The molecule has 0 aromatic heterocycles. The second-order valence-electron chi connectivity index (χ2n) is 3.82. The summed E-state index contributed by atoms with van der Waals surface area (Å²) in [5.74, 6) is 0. The van der Waals surface area contributed by atoms with Crippen molar-refractivity contribution in [3.8, 4) is 0 Å². The maximum atomic E-state index is 11.9. The Labute approximate surface area is 95.7 Å². The van der Waals surface area contributed by atoms with Crippen LogP contribution in [0.15, 0.2) is 35.2 Å². The van der Waals surface area contributed by atoms with Crippen LogP contribution in [-0.2, 0) is 14.8 Å². The third kappa shape index (κ3) is 2.81. The van der Waals surface area contributed by atoms with Crippen LogP contribution in [0, 0.1) is 0 Å². The zero-order chi connectivity index (χ0) is 11.4. The summed E-state index contributed by atoms with van der Waals surface area (Å²) in [5.41, 5.74) is 0. The van der Waals surface area contributed by atoms with Crippen molar-refractivity contribution < 1.29 is 13.2 Å². The minimum atomic E-state index is -3.37. The monoisotopic (exact) mass is 241 g/mol. The minimum Gasteiger partial charge on any atom is -0.381 e. The number of benzene rings is 1. The molecule has 5 heteroatoms. The highest BCUT2D eigenvalue weighted by atomic mass is 32.2. The fourth-order valence-electron chi connectivity index (χ4n) is 1.70. The van der Waals surface area contributed by atoms with Crippen LogP contribution < -0.4 is 4.72 Å². The van der Waals surface area contributed by atoms with Gasteiger partial charge in [-0.3, -0.25) is 0 Å². The molecule has 0 bridgehead atoms. The van der Waals surface area contributed by atoms with Gasteiger partial charge >= 0.3 is 0 Å². The molecule has 4 nitrogen and oxygen atoms in total. The lowest BCUT2D eigenvalue weighted by Crippen LogP contribution is -2.38. The van der Waals surface area contributed by atoms with E-state index in [1.165, 1.54) is 0 Å². The van der Waals surface area contributed by atoms with Gasteiger partial charge in [0, 0.05) is 19.3 Å². The smallest absolute Gasteiger partial charge is 0.240 e. The molecule has 1 aromatic rings. The summed E-state index contributed by atoms with van der Waals surface area (Å²) in [6.45, 7) is 1.25. The highest BCUT2D eigenvalue weighted by molar-refractivity contribution is 7.89. The Bertz CT molecular complexity index is 424. The van der Waals surface area contributed by atoms with Crippen LogP contribution in [0.1, 0.15) is 12.8 Å². The molecular weight excluding hydrogens is 226 g/mol. The lowest BCUT2D eigenvalue weighted by Gasteiger charge is -2.22. The zero-order valence-corrected chi connectivity index (χ0v) is 9.74. The van der Waals surface area contributed by atoms with E-state index in [9.17, 15) is 8.42 Å². The Morgan fingerprint density at radius 2 is 1.75 bits per heavy atom. The molecule has 0 amide bonds. The average molecular weight is 241 g/mol. The SMILES string of the molecule is O=S(=O)(NC1CCOCC1)c1ccccc1. The van der Waals surface area contributed by atoms with Gasteiger partial charge in [-0.2, -0.15) is 0 Å². The van der Waals surface area contributed by atoms with Crippen molar-refractivity contribution in [2.45, 2.75) is 23.8 Å². The molecule has 1 fully saturated rings. The topological polar surface area (TPSA) is 55.4 Å². The lowest BCUT2D eigenvalue weighted by molar-refractivity contribution is 0.0832. The molecule has 1 saturated heterocycles. The van der Waals surface area contributed by atoms with Gasteiger partial charge in [0.2, 0.25) is 10.0 Å². The molecule has 0 unspecified atom stereocenters. The molecule has 0 aliphatic carbocycles. The first-order chi connectivity index (χ1) is 7.68. The molecule has 16 heavy (non-hydrogen) atoms. The van der Waals surface area contributed by atoms with Gasteiger partial charge in [0.15, 0.2) is 0 Å². The van der Waals surface area contributed by atoms with Crippen molar-refractivity contribution in [1.29, 1.82) is 0 Å². The van der Waals surface area contributed by atoms with Crippen LogP contribution >= 0.6 is 0 Å². The first-order valence-corrected chi connectivity index (χ1v) is 6.82. The third-order valence-corrected chi connectivity index (χ3v) is 4.13. The zero-order valence-electron chi connectivity index (χ0n) is 8.93. The Morgan fingerprint density at radius 1 is 1.12 bits per heavy atom. The minimum absolute atomic E-state index is 0.000967. The highest BCUT2D eigenvalue weighted by Crippen LogP contribution is 2.12. The van der Waals surface area contributed by atoms with Crippen LogP contribution in [-0.4, -0.2) is 27.7 Å². The molecule has 0 atom stereocenters. The fraction of sp³-hybridized carbons (Fsp3) is 0.455. The predicted molar refractivity (Wildman–Crippen MR) is 60.6 cm³/mol. The third-order valence-electron chi connectivity index (χ3n) is 2.60. The predicted octanol–water partition coefficient (Wildman–Crippen LogP) is 1.14. The first kappa shape index (κ1) is 11.6. The molecule has 88 valence electrons. The van der Waals surface area contributed by atoms with E-state index < -0.39 is 10.0 Å². The van der Waals surface area contributed by atoms with Gasteiger partial charge in [-0.25, -0.2) is 13.1 Å². The van der Waals surface area contributed by atoms with Crippen molar-refractivity contribution in [2.75, 3.05) is 13.2 Å². The molecule has 0 spiro atoms. The number of hydrogen-bond acceptors (Lipinski definition) is 3. The molecule has 1 aromatic carbocycles. The molecule has 1 heterocycles. The highest BCUT2D eigenvalue weighted by Gasteiger charge is 2.21. The quantitative estimate of drug-likeness (QED) is 0.863. The lowest BCUT2D eigenvalue weighted by atomic mass is 10.1. The Morgan fingerprint density at radius 3 is 2.38 bits per heavy atom. The average Bonchev–Trinajstić information content (AvgIpc) is 2.31. The summed E-state index contributed by atoms with van der Waals surface area (Å²) < 4.78 is 31.8. The van der Waals surface area contributed by atoms with Crippen LogP contribution in [0.3, 0.4) is 0 Å². The van der Waals surface area contributed by atoms with E-state index in [0.717, 1.165) is 12.8 Å². The second kappa shape index (κ2) is 4.95. The Balaban J connectivity index is 2.08. The van der Waals surface area contributed by atoms with Gasteiger partial charge < -0.3 is 4.74 Å². The molecule has 2 rings (SSSR count). The summed E-state index contributed by atoms with van der Waals surface area (Å²) >= 11 is 0. The molecule has 1 N–H and O–H groups in total. The molecule has 0 radical (unpaired) electrons. The number of sulfonamides is 1. The largest absolute Gasteiger partial charge is 0.381 e. The summed E-state index contributed by atoms with van der Waals surface area (Å²) in [6.07, 6.45) is 1.48. The van der Waals surface area contributed by atoms with Crippen molar-refractivity contribution in [3.63, 3.8) is 0 Å². The summed E-state index contributed by atoms with van der Waals surface area (Å²) in [6, 6.07) is 8.44. The summed E-state index contributed by atoms with van der Waals surface area (Å²) in [4.78, 5) is 0.321. The number of nitrogens with one attached hydrogen (secondary N) is 1. The number of hydrogen-bond donors (Lipinski definition) is 1. The van der Waals surface area contributed by atoms with Crippen LogP contribution in [0.4, 0.5) is 0 Å². The molecule has 1 aliphatic rings. The molecule has 1 aliphatic heterocycles. The van der Waals surface area contributed by atoms with Crippen molar-refractivity contribution in [2.24, 2.45) is 0 Å². The van der Waals surface area contributed by atoms with E-state index in [1.807, 2.05) is 0 Å². The van der Waals surface area contributed by atoms with E-state index in [4.69, 9.17) is 4.74 Å². The van der Waals surface area contributed by atoms with Crippen molar-refractivity contribution in [1.82, 2.24) is 4.72 Å². The van der Waals surface area contributed by atoms with Gasteiger partial charge in [0.25, 0.3) is 0 Å². The first-order valence-electron chi connectivity index (χ1n) is 5.33. The summed E-state index contributed by atoms with van der Waals surface area (Å²) in [7, 11) is -3.37. The van der Waals surface area contributed by atoms with E-state index in [-0.39, 0.29) is 6.04 Å². The van der Waals surface area contributed by atoms with Crippen molar-refractivity contribution in [3.05, 3.63) is 30.3 Å². The Hall–Kier alpha value is -0.910. The fourth-order valence-corrected chi connectivity index (χ4v) is 3.03. The van der Waals surface area contributed by atoms with Crippen molar-refractivity contribution >= 4 is 10.0 Å². The molecule has 0 saturated carbocycles. The van der Waals surface area contributed by atoms with Crippen LogP contribution in [0.5, 0.6) is 0 Å². The van der Waals surface area contributed by atoms with Crippen LogP contribution in [0.2, 0.25) is 0 Å². The second-order valence-corrected chi connectivity index (χ2v) is 5.53. The molecular formula is C11H15NO3S. The van der Waals surface area contributed by atoms with E-state index in [2.05, 4.69) is 4.72 Å².